The van der Waals surface area contributed by atoms with Gasteiger partial charge in [-0.05, 0) is 17.7 Å². The van der Waals surface area contributed by atoms with Crippen LogP contribution in [0.2, 0.25) is 0 Å². The minimum atomic E-state index is -0.485. The molecule has 0 aliphatic carbocycles. The predicted molar refractivity (Wildman–Crippen MR) is 68.5 cm³/mol. The average Bonchev–Trinajstić information content (AvgIpc) is 2.80. The molecule has 0 aliphatic rings. The van der Waals surface area contributed by atoms with Crippen LogP contribution >= 0.6 is 0 Å². The van der Waals surface area contributed by atoms with Gasteiger partial charge in [-0.15, -0.1) is 0 Å². The second kappa shape index (κ2) is 4.83. The number of ether oxygens (including phenoxy) is 2. The zero-order valence-electron chi connectivity index (χ0n) is 10.2. The van der Waals surface area contributed by atoms with Crippen LogP contribution < -0.4 is 10.5 Å². The van der Waals surface area contributed by atoms with Gasteiger partial charge < -0.3 is 20.2 Å². The van der Waals surface area contributed by atoms with Gasteiger partial charge in [0.1, 0.15) is 11.4 Å². The van der Waals surface area contributed by atoms with Gasteiger partial charge >= 0.3 is 5.97 Å². The number of esters is 1. The minimum absolute atomic E-state index is 0.260. The third kappa shape index (κ3) is 2.02. The highest BCUT2D eigenvalue weighted by atomic mass is 16.5. The first-order valence-corrected chi connectivity index (χ1v) is 5.37. The molecule has 1 heterocycles. The van der Waals surface area contributed by atoms with Gasteiger partial charge in [0, 0.05) is 11.8 Å². The van der Waals surface area contributed by atoms with Crippen LogP contribution in [0.3, 0.4) is 0 Å². The Labute approximate surface area is 105 Å². The summed E-state index contributed by atoms with van der Waals surface area (Å²) in [7, 11) is 2.91. The third-order valence-electron chi connectivity index (χ3n) is 2.69. The van der Waals surface area contributed by atoms with Crippen molar-refractivity contribution in [3.63, 3.8) is 0 Å². The monoisotopic (exact) mass is 246 g/mol. The van der Waals surface area contributed by atoms with Crippen molar-refractivity contribution >= 4 is 11.7 Å². The maximum Gasteiger partial charge on any atom is 0.356 e. The van der Waals surface area contributed by atoms with Crippen LogP contribution in [0.25, 0.3) is 11.1 Å². The van der Waals surface area contributed by atoms with Crippen molar-refractivity contribution < 1.29 is 14.3 Å². The summed E-state index contributed by atoms with van der Waals surface area (Å²) in [5.41, 5.74) is 8.18. The minimum Gasteiger partial charge on any atom is -0.497 e. The largest absolute Gasteiger partial charge is 0.497 e. The molecule has 18 heavy (non-hydrogen) atoms. The summed E-state index contributed by atoms with van der Waals surface area (Å²) in [4.78, 5) is 14.3. The number of carbonyl (C=O) groups excluding carboxylic acids is 1. The second-order valence-electron chi connectivity index (χ2n) is 3.71. The van der Waals surface area contributed by atoms with Crippen molar-refractivity contribution in [2.75, 3.05) is 20.0 Å². The molecule has 2 aromatic rings. The Hall–Kier alpha value is -2.43. The smallest absolute Gasteiger partial charge is 0.356 e. The fourth-order valence-electron chi connectivity index (χ4n) is 1.73. The lowest BCUT2D eigenvalue weighted by atomic mass is 10.1. The number of aromatic nitrogens is 1. The Morgan fingerprint density at radius 1 is 1.33 bits per heavy atom. The second-order valence-corrected chi connectivity index (χ2v) is 3.71. The molecule has 1 aromatic heterocycles. The van der Waals surface area contributed by atoms with Crippen molar-refractivity contribution in [1.82, 2.24) is 4.98 Å². The molecular weight excluding hydrogens is 232 g/mol. The molecule has 0 aliphatic heterocycles. The molecule has 3 N–H and O–H groups in total. The number of rotatable bonds is 3. The number of methoxy groups -OCH3 is 2. The van der Waals surface area contributed by atoms with E-state index in [-0.39, 0.29) is 5.69 Å². The fraction of sp³-hybridized carbons (Fsp3) is 0.154. The third-order valence-corrected chi connectivity index (χ3v) is 2.69. The Kier molecular flexibility index (Phi) is 3.23. The van der Waals surface area contributed by atoms with E-state index in [1.54, 1.807) is 13.3 Å². The van der Waals surface area contributed by atoms with Crippen molar-refractivity contribution in [2.45, 2.75) is 0 Å². The molecule has 94 valence electrons. The van der Waals surface area contributed by atoms with Crippen LogP contribution in [-0.4, -0.2) is 25.2 Å². The standard InChI is InChI=1S/C13H14N2O3/c1-17-9-5-3-4-8(6-9)10-7-15-12(11(10)14)13(16)18-2/h3-7,15H,14H2,1-2H3. The van der Waals surface area contributed by atoms with E-state index < -0.39 is 5.97 Å². The molecule has 0 saturated heterocycles. The van der Waals surface area contributed by atoms with Gasteiger partial charge in [-0.2, -0.15) is 0 Å². The number of H-pyrrole nitrogens is 1. The lowest BCUT2D eigenvalue weighted by Crippen LogP contribution is -2.04. The van der Waals surface area contributed by atoms with E-state index in [1.807, 2.05) is 24.3 Å². The molecule has 0 saturated carbocycles. The summed E-state index contributed by atoms with van der Waals surface area (Å²) < 4.78 is 9.79. The van der Waals surface area contributed by atoms with E-state index in [2.05, 4.69) is 9.72 Å². The highest BCUT2D eigenvalue weighted by molar-refractivity contribution is 5.98. The predicted octanol–water partition coefficient (Wildman–Crippen LogP) is 2.06. The zero-order chi connectivity index (χ0) is 13.1. The van der Waals surface area contributed by atoms with E-state index in [0.717, 1.165) is 16.9 Å². The number of hydrogen-bond acceptors (Lipinski definition) is 4. The molecular formula is C13H14N2O3. The van der Waals surface area contributed by atoms with E-state index in [4.69, 9.17) is 10.5 Å². The van der Waals surface area contributed by atoms with Crippen LogP contribution in [0.1, 0.15) is 10.5 Å². The molecule has 0 spiro atoms. The molecule has 0 unspecified atom stereocenters. The molecule has 5 nitrogen and oxygen atoms in total. The SMILES string of the molecule is COC(=O)c1[nH]cc(-c2cccc(OC)c2)c1N. The number of benzene rings is 1. The molecule has 5 heteroatoms. The van der Waals surface area contributed by atoms with Crippen LogP contribution in [-0.2, 0) is 4.74 Å². The highest BCUT2D eigenvalue weighted by Crippen LogP contribution is 2.30. The van der Waals surface area contributed by atoms with Gasteiger partial charge in [-0.3, -0.25) is 0 Å². The van der Waals surface area contributed by atoms with Crippen molar-refractivity contribution in [2.24, 2.45) is 0 Å². The lowest BCUT2D eigenvalue weighted by Gasteiger charge is -2.04. The number of nitrogens with two attached hydrogens (primary N) is 1. The van der Waals surface area contributed by atoms with Crippen molar-refractivity contribution in [3.05, 3.63) is 36.2 Å². The molecule has 0 atom stereocenters. The summed E-state index contributed by atoms with van der Waals surface area (Å²) >= 11 is 0. The number of hydrogen-bond donors (Lipinski definition) is 2. The van der Waals surface area contributed by atoms with Crippen LogP contribution in [0.15, 0.2) is 30.5 Å². The van der Waals surface area contributed by atoms with Gasteiger partial charge in [0.25, 0.3) is 0 Å². The molecule has 0 amide bonds. The van der Waals surface area contributed by atoms with Crippen molar-refractivity contribution in [1.29, 1.82) is 0 Å². The van der Waals surface area contributed by atoms with E-state index in [1.165, 1.54) is 7.11 Å². The molecule has 1 aromatic carbocycles. The number of nitrogens with one attached hydrogen (secondary N) is 1. The lowest BCUT2D eigenvalue weighted by molar-refractivity contribution is 0.0596. The quantitative estimate of drug-likeness (QED) is 0.812. The Bertz CT molecular complexity index is 575. The van der Waals surface area contributed by atoms with Crippen LogP contribution in [0.5, 0.6) is 5.75 Å². The van der Waals surface area contributed by atoms with Crippen molar-refractivity contribution in [3.8, 4) is 16.9 Å². The number of anilines is 1. The molecule has 0 fully saturated rings. The van der Waals surface area contributed by atoms with Gasteiger partial charge in [-0.1, -0.05) is 12.1 Å². The van der Waals surface area contributed by atoms with Crippen LogP contribution in [0, 0.1) is 0 Å². The van der Waals surface area contributed by atoms with E-state index in [0.29, 0.717) is 5.69 Å². The van der Waals surface area contributed by atoms with Gasteiger partial charge in [0.15, 0.2) is 0 Å². The average molecular weight is 246 g/mol. The number of nitrogen functional groups attached to an aromatic ring is 1. The Morgan fingerprint density at radius 3 is 2.78 bits per heavy atom. The number of carbonyl (C=O) groups is 1. The number of aromatic amines is 1. The molecule has 0 bridgehead atoms. The van der Waals surface area contributed by atoms with Crippen LogP contribution in [0.4, 0.5) is 5.69 Å². The van der Waals surface area contributed by atoms with E-state index >= 15 is 0 Å². The first-order chi connectivity index (χ1) is 8.67. The Morgan fingerprint density at radius 2 is 2.11 bits per heavy atom. The van der Waals surface area contributed by atoms with Gasteiger partial charge in [0.2, 0.25) is 0 Å². The molecule has 0 radical (unpaired) electrons. The maximum absolute atomic E-state index is 11.4. The summed E-state index contributed by atoms with van der Waals surface area (Å²) in [6.07, 6.45) is 1.68. The summed E-state index contributed by atoms with van der Waals surface area (Å²) in [6, 6.07) is 7.44. The first kappa shape index (κ1) is 12.0. The highest BCUT2D eigenvalue weighted by Gasteiger charge is 2.16. The van der Waals surface area contributed by atoms with Gasteiger partial charge in [0.05, 0.1) is 19.9 Å². The van der Waals surface area contributed by atoms with E-state index in [9.17, 15) is 4.79 Å². The normalized spacial score (nSPS) is 10.1. The first-order valence-electron chi connectivity index (χ1n) is 5.37. The summed E-state index contributed by atoms with van der Waals surface area (Å²) in [5, 5.41) is 0. The topological polar surface area (TPSA) is 77.3 Å². The summed E-state index contributed by atoms with van der Waals surface area (Å²) in [6.45, 7) is 0. The summed E-state index contributed by atoms with van der Waals surface area (Å²) in [5.74, 6) is 0.245. The Balaban J connectivity index is 2.45. The molecule has 2 rings (SSSR count). The zero-order valence-corrected chi connectivity index (χ0v) is 10.2. The maximum atomic E-state index is 11.4. The fourth-order valence-corrected chi connectivity index (χ4v) is 1.73. The van der Waals surface area contributed by atoms with Gasteiger partial charge in [-0.25, -0.2) is 4.79 Å².